The summed E-state index contributed by atoms with van der Waals surface area (Å²) in [6, 6.07) is 5.51. The maximum Gasteiger partial charge on any atom is 0.266 e. The molecule has 2 heterocycles. The number of likely N-dealkylation sites (N-methyl/N-ethyl adjacent to an activating group) is 1. The van der Waals surface area contributed by atoms with Gasteiger partial charge >= 0.3 is 0 Å². The molecule has 0 radical (unpaired) electrons. The van der Waals surface area contributed by atoms with E-state index in [-0.39, 0.29) is 5.91 Å². The number of rotatable bonds is 5. The summed E-state index contributed by atoms with van der Waals surface area (Å²) in [5.41, 5.74) is 1.51. The van der Waals surface area contributed by atoms with Gasteiger partial charge in [0.1, 0.15) is 11.5 Å². The third-order valence-corrected chi connectivity index (χ3v) is 4.79. The van der Waals surface area contributed by atoms with Gasteiger partial charge in [-0.1, -0.05) is 12.1 Å². The molecule has 25 heavy (non-hydrogen) atoms. The van der Waals surface area contributed by atoms with E-state index in [9.17, 15) is 4.79 Å². The first-order valence-electron chi connectivity index (χ1n) is 8.62. The van der Waals surface area contributed by atoms with Crippen LogP contribution in [-0.2, 0) is 9.63 Å². The van der Waals surface area contributed by atoms with Crippen LogP contribution in [0.2, 0.25) is 0 Å². The molecule has 0 N–H and O–H groups in total. The molecular weight excluding hydrogens is 322 g/mol. The van der Waals surface area contributed by atoms with E-state index in [4.69, 9.17) is 14.3 Å². The van der Waals surface area contributed by atoms with E-state index in [0.29, 0.717) is 23.6 Å². The second-order valence-electron chi connectivity index (χ2n) is 6.16. The highest BCUT2D eigenvalue weighted by molar-refractivity contribution is 6.06. The predicted octanol–water partition coefficient (Wildman–Crippen LogP) is 1.36. The topological polar surface area (TPSA) is 63.6 Å². The fourth-order valence-corrected chi connectivity index (χ4v) is 3.20. The van der Waals surface area contributed by atoms with Crippen molar-refractivity contribution in [1.29, 1.82) is 0 Å². The lowest BCUT2D eigenvalue weighted by molar-refractivity contribution is -0.143. The van der Waals surface area contributed by atoms with E-state index in [1.54, 1.807) is 14.2 Å². The molecule has 1 unspecified atom stereocenters. The van der Waals surface area contributed by atoms with Gasteiger partial charge in [-0.05, 0) is 24.7 Å². The second-order valence-corrected chi connectivity index (χ2v) is 6.16. The van der Waals surface area contributed by atoms with Crippen LogP contribution in [0.25, 0.3) is 0 Å². The molecule has 2 aliphatic heterocycles. The Morgan fingerprint density at radius 2 is 2.00 bits per heavy atom. The van der Waals surface area contributed by atoms with E-state index in [2.05, 4.69) is 17.0 Å². The monoisotopic (exact) mass is 347 g/mol. The number of oxime groups is 1. The number of methoxy groups -OCH3 is 2. The third kappa shape index (κ3) is 3.71. The molecule has 2 aliphatic rings. The highest BCUT2D eigenvalue weighted by atomic mass is 16.6. The Morgan fingerprint density at radius 1 is 1.24 bits per heavy atom. The first-order valence-corrected chi connectivity index (χ1v) is 8.62. The van der Waals surface area contributed by atoms with Crippen molar-refractivity contribution < 1.29 is 19.1 Å². The summed E-state index contributed by atoms with van der Waals surface area (Å²) in [5.74, 6) is 1.41. The molecule has 1 aromatic rings. The first kappa shape index (κ1) is 17.5. The number of piperazine rings is 1. The number of hydrogen-bond acceptors (Lipinski definition) is 6. The van der Waals surface area contributed by atoms with Gasteiger partial charge in [0.15, 0.2) is 0 Å². The lowest BCUT2D eigenvalue weighted by Gasteiger charge is -2.34. The number of amides is 1. The van der Waals surface area contributed by atoms with Crippen LogP contribution in [0.1, 0.15) is 18.9 Å². The molecule has 0 aliphatic carbocycles. The summed E-state index contributed by atoms with van der Waals surface area (Å²) in [6.45, 7) is 6.46. The maximum absolute atomic E-state index is 12.7. The van der Waals surface area contributed by atoms with Crippen molar-refractivity contribution in [1.82, 2.24) is 9.80 Å². The van der Waals surface area contributed by atoms with E-state index in [1.165, 1.54) is 0 Å². The number of hydrogen-bond donors (Lipinski definition) is 0. The Morgan fingerprint density at radius 3 is 2.64 bits per heavy atom. The van der Waals surface area contributed by atoms with E-state index in [1.807, 2.05) is 23.1 Å². The summed E-state index contributed by atoms with van der Waals surface area (Å²) >= 11 is 0. The molecule has 0 spiro atoms. The van der Waals surface area contributed by atoms with Gasteiger partial charge in [0.05, 0.1) is 19.9 Å². The Labute approximate surface area is 148 Å². The molecule has 7 nitrogen and oxygen atoms in total. The Balaban J connectivity index is 1.66. The predicted molar refractivity (Wildman–Crippen MR) is 94.3 cm³/mol. The first-order chi connectivity index (χ1) is 12.2. The minimum Gasteiger partial charge on any atom is -0.497 e. The quantitative estimate of drug-likeness (QED) is 0.805. The number of carbonyl (C=O) groups is 1. The Kier molecular flexibility index (Phi) is 5.43. The molecule has 1 atom stereocenters. The number of nitrogens with zero attached hydrogens (tertiary/aromatic N) is 3. The summed E-state index contributed by atoms with van der Waals surface area (Å²) < 4.78 is 10.7. The standard InChI is InChI=1S/C18H25N3O4/c1-4-20-7-9-21(10-8-20)18(22)17-12-15(19-25-17)14-11-13(23-2)5-6-16(14)24-3/h5-6,11,17H,4,7-10,12H2,1-3H3. The van der Waals surface area contributed by atoms with Crippen molar-refractivity contribution in [2.45, 2.75) is 19.4 Å². The van der Waals surface area contributed by atoms with Crippen molar-refractivity contribution in [2.24, 2.45) is 5.16 Å². The smallest absolute Gasteiger partial charge is 0.266 e. The molecule has 1 amide bonds. The molecule has 0 saturated carbocycles. The minimum atomic E-state index is -0.556. The highest BCUT2D eigenvalue weighted by Gasteiger charge is 2.34. The highest BCUT2D eigenvalue weighted by Crippen LogP contribution is 2.29. The lowest BCUT2D eigenvalue weighted by Crippen LogP contribution is -2.51. The molecule has 136 valence electrons. The zero-order valence-electron chi connectivity index (χ0n) is 15.0. The fourth-order valence-electron chi connectivity index (χ4n) is 3.20. The van der Waals surface area contributed by atoms with Crippen LogP contribution in [-0.4, -0.2) is 74.5 Å². The van der Waals surface area contributed by atoms with Crippen LogP contribution in [0, 0.1) is 0 Å². The summed E-state index contributed by atoms with van der Waals surface area (Å²) in [6.07, 6.45) is -0.116. The van der Waals surface area contributed by atoms with Gasteiger partial charge in [0, 0.05) is 38.2 Å². The lowest BCUT2D eigenvalue weighted by atomic mass is 10.0. The minimum absolute atomic E-state index is 0.0105. The molecule has 0 aromatic heterocycles. The van der Waals surface area contributed by atoms with Gasteiger partial charge in [-0.15, -0.1) is 0 Å². The fraction of sp³-hybridized carbons (Fsp3) is 0.556. The zero-order chi connectivity index (χ0) is 17.8. The van der Waals surface area contributed by atoms with Crippen LogP contribution >= 0.6 is 0 Å². The Hall–Kier alpha value is -2.28. The Bertz CT molecular complexity index is 654. The van der Waals surface area contributed by atoms with Gasteiger partial charge in [-0.3, -0.25) is 4.79 Å². The van der Waals surface area contributed by atoms with Crippen molar-refractivity contribution in [2.75, 3.05) is 46.9 Å². The van der Waals surface area contributed by atoms with Crippen molar-refractivity contribution in [3.05, 3.63) is 23.8 Å². The van der Waals surface area contributed by atoms with E-state index < -0.39 is 6.10 Å². The zero-order valence-corrected chi connectivity index (χ0v) is 15.0. The van der Waals surface area contributed by atoms with Crippen LogP contribution in [0.4, 0.5) is 0 Å². The second kappa shape index (κ2) is 7.74. The molecule has 1 fully saturated rings. The maximum atomic E-state index is 12.7. The van der Waals surface area contributed by atoms with Crippen LogP contribution < -0.4 is 9.47 Å². The van der Waals surface area contributed by atoms with Gasteiger partial charge in [0.2, 0.25) is 6.10 Å². The van der Waals surface area contributed by atoms with Gasteiger partial charge < -0.3 is 24.1 Å². The van der Waals surface area contributed by atoms with Crippen LogP contribution in [0.15, 0.2) is 23.4 Å². The van der Waals surface area contributed by atoms with E-state index in [0.717, 1.165) is 38.3 Å². The van der Waals surface area contributed by atoms with Crippen LogP contribution in [0.3, 0.4) is 0 Å². The van der Waals surface area contributed by atoms with Gasteiger partial charge in [-0.25, -0.2) is 0 Å². The largest absolute Gasteiger partial charge is 0.497 e. The average molecular weight is 347 g/mol. The SMILES string of the molecule is CCN1CCN(C(=O)C2CC(c3cc(OC)ccc3OC)=NO2)CC1. The van der Waals surface area contributed by atoms with Gasteiger partial charge in [-0.2, -0.15) is 0 Å². The summed E-state index contributed by atoms with van der Waals surface area (Å²) in [7, 11) is 3.22. The average Bonchev–Trinajstić information content (AvgIpc) is 3.17. The van der Waals surface area contributed by atoms with Gasteiger partial charge in [0.25, 0.3) is 5.91 Å². The summed E-state index contributed by atoms with van der Waals surface area (Å²) in [4.78, 5) is 22.4. The van der Waals surface area contributed by atoms with Crippen molar-refractivity contribution in [3.8, 4) is 11.5 Å². The number of carbonyl (C=O) groups excluding carboxylic acids is 1. The van der Waals surface area contributed by atoms with Crippen LogP contribution in [0.5, 0.6) is 11.5 Å². The molecule has 1 saturated heterocycles. The third-order valence-electron chi connectivity index (χ3n) is 4.79. The van der Waals surface area contributed by atoms with E-state index >= 15 is 0 Å². The molecule has 3 rings (SSSR count). The van der Waals surface area contributed by atoms with Crippen molar-refractivity contribution >= 4 is 11.6 Å². The normalized spacial score (nSPS) is 20.8. The summed E-state index contributed by atoms with van der Waals surface area (Å²) in [5, 5.41) is 4.14. The van der Waals surface area contributed by atoms with Crippen molar-refractivity contribution in [3.63, 3.8) is 0 Å². The number of benzene rings is 1. The molecule has 1 aromatic carbocycles. The molecule has 7 heteroatoms. The number of ether oxygens (including phenoxy) is 2. The molecule has 0 bridgehead atoms. The molecular formula is C18H25N3O4.